The van der Waals surface area contributed by atoms with Gasteiger partial charge in [0.05, 0.1) is 13.7 Å². The number of nitrogens with zero attached hydrogens (tertiary/aromatic N) is 2. The third kappa shape index (κ3) is 6.30. The first-order chi connectivity index (χ1) is 12.1. The van der Waals surface area contributed by atoms with Gasteiger partial charge in [-0.05, 0) is 19.3 Å². The summed E-state index contributed by atoms with van der Waals surface area (Å²) in [7, 11) is 1.34. The number of rotatable bonds is 8. The fourth-order valence-corrected chi connectivity index (χ4v) is 3.84. The van der Waals surface area contributed by atoms with Crippen molar-refractivity contribution in [2.45, 2.75) is 70.9 Å². The fraction of sp³-hybridized carbons (Fsp3) is 0.722. The van der Waals surface area contributed by atoms with Crippen LogP contribution in [0.4, 0.5) is 4.79 Å². The normalized spacial score (nSPS) is 15.0. The maximum atomic E-state index is 12.7. The van der Waals surface area contributed by atoms with E-state index in [-0.39, 0.29) is 12.1 Å². The molecule has 2 rings (SSSR count). The first-order valence-corrected chi connectivity index (χ1v) is 10.1. The summed E-state index contributed by atoms with van der Waals surface area (Å²) in [5, 5.41) is 5.62. The Labute approximate surface area is 154 Å². The highest BCUT2D eigenvalue weighted by Gasteiger charge is 2.21. The Bertz CT molecular complexity index is 556. The predicted molar refractivity (Wildman–Crippen MR) is 98.8 cm³/mol. The lowest BCUT2D eigenvalue weighted by molar-refractivity contribution is 0.0594. The van der Waals surface area contributed by atoms with Crippen LogP contribution in [-0.2, 0) is 11.3 Å². The zero-order chi connectivity index (χ0) is 18.1. The van der Waals surface area contributed by atoms with Crippen LogP contribution in [0.3, 0.4) is 0 Å². The molecule has 7 heteroatoms. The zero-order valence-electron chi connectivity index (χ0n) is 15.3. The molecule has 6 nitrogen and oxygen atoms in total. The van der Waals surface area contributed by atoms with Crippen molar-refractivity contribution < 1.29 is 14.3 Å². The Balaban J connectivity index is 1.97. The number of ether oxygens (including phenoxy) is 1. The molecule has 1 aliphatic carbocycles. The lowest BCUT2D eigenvalue weighted by Crippen LogP contribution is -2.45. The number of hydrogen-bond donors (Lipinski definition) is 1. The predicted octanol–water partition coefficient (Wildman–Crippen LogP) is 3.96. The molecule has 1 aliphatic rings. The van der Waals surface area contributed by atoms with Crippen molar-refractivity contribution in [3.63, 3.8) is 0 Å². The molecule has 140 valence electrons. The molecule has 1 aromatic heterocycles. The van der Waals surface area contributed by atoms with E-state index in [1.807, 2.05) is 4.90 Å². The first-order valence-electron chi connectivity index (χ1n) is 9.22. The van der Waals surface area contributed by atoms with Gasteiger partial charge in [0, 0.05) is 18.0 Å². The van der Waals surface area contributed by atoms with E-state index in [1.165, 1.54) is 37.7 Å². The van der Waals surface area contributed by atoms with E-state index in [9.17, 15) is 9.59 Å². The van der Waals surface area contributed by atoms with Crippen molar-refractivity contribution in [3.05, 3.63) is 16.1 Å². The quantitative estimate of drug-likeness (QED) is 0.557. The summed E-state index contributed by atoms with van der Waals surface area (Å²) in [6.07, 6.45) is 8.97. The Morgan fingerprint density at radius 1 is 1.32 bits per heavy atom. The number of urea groups is 1. The second-order valence-corrected chi connectivity index (χ2v) is 7.47. The van der Waals surface area contributed by atoms with Gasteiger partial charge in [-0.25, -0.2) is 14.6 Å². The van der Waals surface area contributed by atoms with Gasteiger partial charge in [0.15, 0.2) is 5.69 Å². The molecule has 1 N–H and O–H groups in total. The van der Waals surface area contributed by atoms with Gasteiger partial charge in [0.2, 0.25) is 0 Å². The van der Waals surface area contributed by atoms with Crippen LogP contribution in [0.15, 0.2) is 5.38 Å². The lowest BCUT2D eigenvalue weighted by Gasteiger charge is -2.28. The van der Waals surface area contributed by atoms with Crippen LogP contribution >= 0.6 is 11.3 Å². The van der Waals surface area contributed by atoms with Gasteiger partial charge in [-0.3, -0.25) is 0 Å². The molecule has 0 spiro atoms. The zero-order valence-corrected chi connectivity index (χ0v) is 16.1. The molecule has 25 heavy (non-hydrogen) atoms. The maximum absolute atomic E-state index is 12.7. The molecule has 0 radical (unpaired) electrons. The number of amides is 2. The van der Waals surface area contributed by atoms with Gasteiger partial charge >= 0.3 is 12.0 Å². The van der Waals surface area contributed by atoms with E-state index in [0.29, 0.717) is 18.8 Å². The number of thiazole rings is 1. The van der Waals surface area contributed by atoms with Gasteiger partial charge in [-0.1, -0.05) is 39.0 Å². The Morgan fingerprint density at radius 2 is 2.08 bits per heavy atom. The molecule has 0 atom stereocenters. The molecule has 0 aliphatic heterocycles. The third-order valence-electron chi connectivity index (χ3n) is 4.52. The number of nitrogens with one attached hydrogen (secondary N) is 1. The van der Waals surface area contributed by atoms with Crippen molar-refractivity contribution in [1.82, 2.24) is 15.2 Å². The van der Waals surface area contributed by atoms with E-state index < -0.39 is 5.97 Å². The monoisotopic (exact) mass is 367 g/mol. The number of carbonyl (C=O) groups is 2. The van der Waals surface area contributed by atoms with Crippen LogP contribution in [0.5, 0.6) is 0 Å². The minimum atomic E-state index is -0.438. The summed E-state index contributed by atoms with van der Waals surface area (Å²) >= 11 is 1.39. The van der Waals surface area contributed by atoms with Crippen LogP contribution in [0.25, 0.3) is 0 Å². The minimum Gasteiger partial charge on any atom is -0.464 e. The second kappa shape index (κ2) is 10.4. The highest BCUT2D eigenvalue weighted by molar-refractivity contribution is 7.09. The molecular weight excluding hydrogens is 338 g/mol. The molecule has 1 heterocycles. The number of carbonyl (C=O) groups excluding carboxylic acids is 2. The SMILES string of the molecule is CCCCCN(Cc1nc(C(=O)OC)cs1)C(=O)NC1CCCCC1. The molecule has 0 saturated heterocycles. The van der Waals surface area contributed by atoms with Crippen molar-refractivity contribution in [1.29, 1.82) is 0 Å². The van der Waals surface area contributed by atoms with E-state index in [4.69, 9.17) is 4.74 Å². The van der Waals surface area contributed by atoms with Crippen LogP contribution in [0, 0.1) is 0 Å². The average molecular weight is 368 g/mol. The van der Waals surface area contributed by atoms with Gasteiger partial charge in [-0.15, -0.1) is 11.3 Å². The summed E-state index contributed by atoms with van der Waals surface area (Å²) in [5.41, 5.74) is 0.309. The largest absolute Gasteiger partial charge is 0.464 e. The van der Waals surface area contributed by atoms with Crippen molar-refractivity contribution in [2.75, 3.05) is 13.7 Å². The van der Waals surface area contributed by atoms with Crippen LogP contribution < -0.4 is 5.32 Å². The summed E-state index contributed by atoms with van der Waals surface area (Å²) in [4.78, 5) is 30.4. The van der Waals surface area contributed by atoms with Crippen molar-refractivity contribution >= 4 is 23.3 Å². The molecule has 1 saturated carbocycles. The molecule has 0 bridgehead atoms. The Hall–Kier alpha value is -1.63. The van der Waals surface area contributed by atoms with Crippen LogP contribution in [-0.4, -0.2) is 41.6 Å². The maximum Gasteiger partial charge on any atom is 0.357 e. The first kappa shape index (κ1) is 19.7. The smallest absolute Gasteiger partial charge is 0.357 e. The summed E-state index contributed by atoms with van der Waals surface area (Å²) in [6, 6.07) is 0.273. The summed E-state index contributed by atoms with van der Waals surface area (Å²) < 4.78 is 4.69. The number of hydrogen-bond acceptors (Lipinski definition) is 5. The van der Waals surface area contributed by atoms with Gasteiger partial charge in [0.1, 0.15) is 5.01 Å². The average Bonchev–Trinajstić information content (AvgIpc) is 3.10. The topological polar surface area (TPSA) is 71.5 Å². The molecular formula is C18H29N3O3S. The minimum absolute atomic E-state index is 0.0159. The molecule has 0 aromatic carbocycles. The van der Waals surface area contributed by atoms with E-state index in [2.05, 4.69) is 17.2 Å². The Morgan fingerprint density at radius 3 is 2.76 bits per heavy atom. The number of aromatic nitrogens is 1. The highest BCUT2D eigenvalue weighted by atomic mass is 32.1. The van der Waals surface area contributed by atoms with Crippen molar-refractivity contribution in [2.24, 2.45) is 0 Å². The highest BCUT2D eigenvalue weighted by Crippen LogP contribution is 2.19. The van der Waals surface area contributed by atoms with Gasteiger partial charge in [0.25, 0.3) is 0 Å². The van der Waals surface area contributed by atoms with E-state index >= 15 is 0 Å². The molecule has 0 unspecified atom stereocenters. The molecule has 1 fully saturated rings. The van der Waals surface area contributed by atoms with E-state index in [0.717, 1.165) is 37.1 Å². The van der Waals surface area contributed by atoms with Crippen molar-refractivity contribution in [3.8, 4) is 0 Å². The second-order valence-electron chi connectivity index (χ2n) is 6.53. The van der Waals surface area contributed by atoms with Gasteiger partial charge in [-0.2, -0.15) is 0 Å². The number of methoxy groups -OCH3 is 1. The van der Waals surface area contributed by atoms with E-state index in [1.54, 1.807) is 5.38 Å². The standard InChI is InChI=1S/C18H29N3O3S/c1-3-4-8-11-21(18(23)19-14-9-6-5-7-10-14)12-16-20-15(13-25-16)17(22)24-2/h13-14H,3-12H2,1-2H3,(H,19,23). The third-order valence-corrected chi connectivity index (χ3v) is 5.36. The fourth-order valence-electron chi connectivity index (χ4n) is 3.06. The number of unbranched alkanes of at least 4 members (excludes halogenated alkanes) is 2. The molecule has 2 amide bonds. The molecule has 1 aromatic rings. The summed E-state index contributed by atoms with van der Waals surface area (Å²) in [6.45, 7) is 3.29. The van der Waals surface area contributed by atoms with Crippen LogP contribution in [0.1, 0.15) is 73.8 Å². The lowest BCUT2D eigenvalue weighted by atomic mass is 9.96. The van der Waals surface area contributed by atoms with Gasteiger partial charge < -0.3 is 15.0 Å². The summed E-state index contributed by atoms with van der Waals surface area (Å²) in [5.74, 6) is -0.438. The number of esters is 1. The van der Waals surface area contributed by atoms with Crippen LogP contribution in [0.2, 0.25) is 0 Å². The Kier molecular flexibility index (Phi) is 8.18.